The minimum atomic E-state index is -3.65. The van der Waals surface area contributed by atoms with Gasteiger partial charge in [-0.15, -0.1) is 0 Å². The van der Waals surface area contributed by atoms with Crippen molar-refractivity contribution < 1.29 is 22.7 Å². The highest BCUT2D eigenvalue weighted by Crippen LogP contribution is 2.06. The summed E-state index contributed by atoms with van der Waals surface area (Å²) in [4.78, 5) is 21.7. The third-order valence-corrected chi connectivity index (χ3v) is 2.47. The van der Waals surface area contributed by atoms with Gasteiger partial charge in [0.15, 0.2) is 5.71 Å². The van der Waals surface area contributed by atoms with Crippen molar-refractivity contribution in [1.82, 2.24) is 5.32 Å². The van der Waals surface area contributed by atoms with E-state index < -0.39 is 16.0 Å². The second-order valence-corrected chi connectivity index (χ2v) is 4.40. The van der Waals surface area contributed by atoms with E-state index in [1.54, 1.807) is 0 Å². The molecule has 1 amide bonds. The van der Waals surface area contributed by atoms with E-state index >= 15 is 0 Å². The molecule has 0 bridgehead atoms. The van der Waals surface area contributed by atoms with Crippen LogP contribution in [0.4, 0.5) is 0 Å². The first-order valence-electron chi connectivity index (χ1n) is 4.35. The number of hydrogen-bond donors (Lipinski definition) is 1. The molecule has 1 heterocycles. The van der Waals surface area contributed by atoms with Crippen LogP contribution in [0, 0.1) is 0 Å². The summed E-state index contributed by atoms with van der Waals surface area (Å²) < 4.78 is 29.5. The molecular weight excluding hydrogens is 236 g/mol. The number of ether oxygens (including phenoxy) is 1. The van der Waals surface area contributed by atoms with E-state index in [4.69, 9.17) is 0 Å². The maximum absolute atomic E-state index is 11.2. The fourth-order valence-electron chi connectivity index (χ4n) is 0.898. The van der Waals surface area contributed by atoms with Crippen molar-refractivity contribution in [3.8, 4) is 0 Å². The number of rotatable bonds is 4. The smallest absolute Gasteiger partial charge is 0.357 e. The van der Waals surface area contributed by atoms with Crippen LogP contribution in [-0.2, 0) is 24.3 Å². The monoisotopic (exact) mass is 246 g/mol. The Kier molecular flexibility index (Phi) is 3.78. The van der Waals surface area contributed by atoms with Gasteiger partial charge in [-0.2, -0.15) is 12.8 Å². The lowest BCUT2D eigenvalue weighted by Gasteiger charge is -2.03. The summed E-state index contributed by atoms with van der Waals surface area (Å²) in [6, 6.07) is 0. The van der Waals surface area contributed by atoms with Crippen LogP contribution >= 0.6 is 0 Å². The molecule has 0 saturated heterocycles. The van der Waals surface area contributed by atoms with Crippen LogP contribution in [0.5, 0.6) is 0 Å². The van der Waals surface area contributed by atoms with Crippen molar-refractivity contribution in [3.63, 3.8) is 0 Å². The van der Waals surface area contributed by atoms with E-state index in [1.807, 2.05) is 0 Å². The lowest BCUT2D eigenvalue weighted by Crippen LogP contribution is -2.26. The van der Waals surface area contributed by atoms with Crippen molar-refractivity contribution in [2.24, 2.45) is 4.40 Å². The van der Waals surface area contributed by atoms with Gasteiger partial charge < -0.3 is 10.1 Å². The van der Waals surface area contributed by atoms with Gasteiger partial charge in [-0.3, -0.25) is 4.79 Å². The van der Waals surface area contributed by atoms with E-state index in [0.29, 0.717) is 0 Å². The standard InChI is InChI=1S/C8H10N2O5S/c1-6(11)9-3-4-15-8(12)7-2-5-16(13,14)10-7/h2,5H,3-4H2,1H3,(H,9,11). The van der Waals surface area contributed by atoms with Crippen molar-refractivity contribution >= 4 is 27.6 Å². The van der Waals surface area contributed by atoms with E-state index in [0.717, 1.165) is 11.5 Å². The lowest BCUT2D eigenvalue weighted by molar-refractivity contribution is -0.135. The van der Waals surface area contributed by atoms with Crippen LogP contribution in [0.15, 0.2) is 15.9 Å². The Labute approximate surface area is 92.2 Å². The fourth-order valence-corrected chi connectivity index (χ4v) is 1.67. The fraction of sp³-hybridized carbons (Fsp3) is 0.375. The Morgan fingerprint density at radius 3 is 2.69 bits per heavy atom. The van der Waals surface area contributed by atoms with E-state index in [1.165, 1.54) is 6.92 Å². The van der Waals surface area contributed by atoms with Gasteiger partial charge in [0.25, 0.3) is 10.0 Å². The number of carbonyl (C=O) groups excluding carboxylic acids is 2. The third-order valence-electron chi connectivity index (χ3n) is 1.54. The molecule has 88 valence electrons. The minimum Gasteiger partial charge on any atom is -0.459 e. The van der Waals surface area contributed by atoms with Crippen LogP contribution in [0.3, 0.4) is 0 Å². The maximum atomic E-state index is 11.2. The molecule has 8 heteroatoms. The highest BCUT2D eigenvalue weighted by atomic mass is 32.2. The number of amides is 1. The highest BCUT2D eigenvalue weighted by molar-refractivity contribution is 7.93. The molecule has 16 heavy (non-hydrogen) atoms. The van der Waals surface area contributed by atoms with Crippen LogP contribution in [-0.4, -0.2) is 39.2 Å². The zero-order chi connectivity index (χ0) is 12.2. The third kappa shape index (κ3) is 3.81. The van der Waals surface area contributed by atoms with Crippen molar-refractivity contribution in [1.29, 1.82) is 0 Å². The molecule has 0 aromatic carbocycles. The van der Waals surface area contributed by atoms with E-state index in [-0.39, 0.29) is 24.8 Å². The maximum Gasteiger partial charge on any atom is 0.357 e. The molecule has 0 unspecified atom stereocenters. The normalized spacial score (nSPS) is 16.7. The van der Waals surface area contributed by atoms with Gasteiger partial charge in [0.2, 0.25) is 5.91 Å². The zero-order valence-corrected chi connectivity index (χ0v) is 9.28. The molecule has 0 aromatic rings. The van der Waals surface area contributed by atoms with Gasteiger partial charge in [0.05, 0.1) is 12.0 Å². The summed E-state index contributed by atoms with van der Waals surface area (Å²) >= 11 is 0. The molecule has 1 rings (SSSR count). The molecule has 0 fully saturated rings. The SMILES string of the molecule is CC(=O)NCCOC(=O)C1=NS(=O)(=O)C=C1. The summed E-state index contributed by atoms with van der Waals surface area (Å²) in [6.07, 6.45) is 1.07. The number of esters is 1. The van der Waals surface area contributed by atoms with Gasteiger partial charge in [-0.1, -0.05) is 0 Å². The average molecular weight is 246 g/mol. The number of hydrogen-bond acceptors (Lipinski definition) is 5. The van der Waals surface area contributed by atoms with Gasteiger partial charge >= 0.3 is 5.97 Å². The van der Waals surface area contributed by atoms with Crippen LogP contribution in [0.25, 0.3) is 0 Å². The number of nitrogens with zero attached hydrogens (tertiary/aromatic N) is 1. The molecule has 0 radical (unpaired) electrons. The molecular formula is C8H10N2O5S. The average Bonchev–Trinajstić information content (AvgIpc) is 2.53. The quantitative estimate of drug-likeness (QED) is 0.504. The molecule has 0 spiro atoms. The zero-order valence-electron chi connectivity index (χ0n) is 8.47. The first kappa shape index (κ1) is 12.4. The van der Waals surface area contributed by atoms with Crippen molar-refractivity contribution in [2.45, 2.75) is 6.92 Å². The molecule has 1 aliphatic rings. The first-order chi connectivity index (χ1) is 7.41. The summed E-state index contributed by atoms with van der Waals surface area (Å²) in [6.45, 7) is 1.47. The predicted molar refractivity (Wildman–Crippen MR) is 55.1 cm³/mol. The minimum absolute atomic E-state index is 0.0364. The highest BCUT2D eigenvalue weighted by Gasteiger charge is 2.20. The van der Waals surface area contributed by atoms with Gasteiger partial charge in [0.1, 0.15) is 6.61 Å². The topological polar surface area (TPSA) is 102 Å². The Bertz CT molecular complexity index is 463. The Hall–Kier alpha value is -1.70. The molecule has 0 atom stereocenters. The first-order valence-corrected chi connectivity index (χ1v) is 5.86. The van der Waals surface area contributed by atoms with Crippen LogP contribution < -0.4 is 5.32 Å². The second-order valence-electron chi connectivity index (χ2n) is 2.91. The van der Waals surface area contributed by atoms with Crippen LogP contribution in [0.2, 0.25) is 0 Å². The van der Waals surface area contributed by atoms with Crippen molar-refractivity contribution in [2.75, 3.05) is 13.2 Å². The second kappa shape index (κ2) is 4.88. The summed E-state index contributed by atoms with van der Waals surface area (Å²) in [5, 5.41) is 3.23. The van der Waals surface area contributed by atoms with Gasteiger partial charge in [-0.05, 0) is 6.08 Å². The Morgan fingerprint density at radius 2 is 2.19 bits per heavy atom. The molecule has 0 saturated carbocycles. The summed E-state index contributed by atoms with van der Waals surface area (Å²) in [5.41, 5.74) is -0.261. The lowest BCUT2D eigenvalue weighted by atomic mass is 10.4. The molecule has 0 aromatic heterocycles. The molecule has 1 N–H and O–H groups in total. The largest absolute Gasteiger partial charge is 0.459 e. The molecule has 0 aliphatic carbocycles. The molecule has 7 nitrogen and oxygen atoms in total. The molecule has 1 aliphatic heterocycles. The summed E-state index contributed by atoms with van der Waals surface area (Å²) in [5.74, 6) is -1.07. The van der Waals surface area contributed by atoms with E-state index in [9.17, 15) is 18.0 Å². The van der Waals surface area contributed by atoms with E-state index in [2.05, 4.69) is 14.5 Å². The number of nitrogens with one attached hydrogen (secondary N) is 1. The van der Waals surface area contributed by atoms with Gasteiger partial charge in [-0.25, -0.2) is 4.79 Å². The number of sulfonamides is 1. The van der Waals surface area contributed by atoms with Gasteiger partial charge in [0, 0.05) is 6.92 Å². The van der Waals surface area contributed by atoms with Crippen LogP contribution in [0.1, 0.15) is 6.92 Å². The predicted octanol–water partition coefficient (Wildman–Crippen LogP) is -1.04. The number of carbonyl (C=O) groups is 2. The van der Waals surface area contributed by atoms with Crippen molar-refractivity contribution in [3.05, 3.63) is 11.5 Å². The Morgan fingerprint density at radius 1 is 1.50 bits per heavy atom. The Balaban J connectivity index is 2.38. The summed E-state index contributed by atoms with van der Waals surface area (Å²) in [7, 11) is -3.65.